The van der Waals surface area contributed by atoms with Gasteiger partial charge in [0.05, 0.1) is 25.3 Å². The summed E-state index contributed by atoms with van der Waals surface area (Å²) in [6, 6.07) is 5.64. The predicted molar refractivity (Wildman–Crippen MR) is 89.7 cm³/mol. The molecule has 0 aliphatic carbocycles. The zero-order valence-corrected chi connectivity index (χ0v) is 13.7. The van der Waals surface area contributed by atoms with Crippen LogP contribution in [0.3, 0.4) is 0 Å². The number of methoxy groups -OCH3 is 2. The van der Waals surface area contributed by atoms with Crippen molar-refractivity contribution in [1.82, 2.24) is 9.97 Å². The van der Waals surface area contributed by atoms with E-state index < -0.39 is 0 Å². The summed E-state index contributed by atoms with van der Waals surface area (Å²) in [7, 11) is 3.27. The Kier molecular flexibility index (Phi) is 3.85. The lowest BCUT2D eigenvalue weighted by atomic mass is 10.2. The summed E-state index contributed by atoms with van der Waals surface area (Å²) >= 11 is 1.68. The van der Waals surface area contributed by atoms with E-state index in [0.717, 1.165) is 27.5 Å². The van der Waals surface area contributed by atoms with Crippen LogP contribution in [0.5, 0.6) is 11.5 Å². The highest BCUT2D eigenvalue weighted by Gasteiger charge is 2.13. The standard InChI is InChI=1S/C16H17N3O2S/c1-9-10(2)22-16-14(9)15(17-8-18-16)19-12-6-5-11(20-3)7-13(12)21-4/h5-8H,1-4H3,(H,17,18,19). The normalized spacial score (nSPS) is 10.7. The highest BCUT2D eigenvalue weighted by molar-refractivity contribution is 7.18. The third-order valence-corrected chi connectivity index (χ3v) is 4.74. The predicted octanol–water partition coefficient (Wildman–Crippen LogP) is 4.07. The first-order chi connectivity index (χ1) is 10.6. The quantitative estimate of drug-likeness (QED) is 0.786. The lowest BCUT2D eigenvalue weighted by molar-refractivity contribution is 0.395. The van der Waals surface area contributed by atoms with E-state index in [9.17, 15) is 0 Å². The van der Waals surface area contributed by atoms with Gasteiger partial charge in [0, 0.05) is 10.9 Å². The molecule has 0 bridgehead atoms. The van der Waals surface area contributed by atoms with Crippen LogP contribution in [0.1, 0.15) is 10.4 Å². The van der Waals surface area contributed by atoms with Crippen LogP contribution in [-0.2, 0) is 0 Å². The number of nitrogens with one attached hydrogen (secondary N) is 1. The van der Waals surface area contributed by atoms with Crippen LogP contribution >= 0.6 is 11.3 Å². The van der Waals surface area contributed by atoms with Crippen molar-refractivity contribution in [2.45, 2.75) is 13.8 Å². The topological polar surface area (TPSA) is 56.3 Å². The van der Waals surface area contributed by atoms with E-state index in [1.165, 1.54) is 10.4 Å². The second kappa shape index (κ2) is 5.81. The van der Waals surface area contributed by atoms with E-state index in [1.54, 1.807) is 31.9 Å². The van der Waals surface area contributed by atoms with Gasteiger partial charge in [-0.25, -0.2) is 9.97 Å². The Hall–Kier alpha value is -2.34. The lowest BCUT2D eigenvalue weighted by Gasteiger charge is -2.12. The largest absolute Gasteiger partial charge is 0.497 e. The van der Waals surface area contributed by atoms with E-state index in [2.05, 4.69) is 29.1 Å². The monoisotopic (exact) mass is 315 g/mol. The number of rotatable bonds is 4. The van der Waals surface area contributed by atoms with Gasteiger partial charge in [0.1, 0.15) is 28.5 Å². The van der Waals surface area contributed by atoms with Crippen molar-refractivity contribution >= 4 is 33.1 Å². The second-order valence-electron chi connectivity index (χ2n) is 4.88. The van der Waals surface area contributed by atoms with Crippen LogP contribution in [-0.4, -0.2) is 24.2 Å². The number of hydrogen-bond donors (Lipinski definition) is 1. The highest BCUT2D eigenvalue weighted by atomic mass is 32.1. The van der Waals surface area contributed by atoms with Gasteiger partial charge in [-0.05, 0) is 31.5 Å². The average molecular weight is 315 g/mol. The molecule has 22 heavy (non-hydrogen) atoms. The third kappa shape index (κ3) is 2.46. The lowest BCUT2D eigenvalue weighted by Crippen LogP contribution is -1.98. The minimum Gasteiger partial charge on any atom is -0.497 e. The Morgan fingerprint density at radius 3 is 2.64 bits per heavy atom. The zero-order valence-electron chi connectivity index (χ0n) is 12.9. The summed E-state index contributed by atoms with van der Waals surface area (Å²) in [4.78, 5) is 11.0. The molecule has 0 aliphatic rings. The second-order valence-corrected chi connectivity index (χ2v) is 6.08. The van der Waals surface area contributed by atoms with Crippen molar-refractivity contribution in [2.24, 2.45) is 0 Å². The molecule has 5 nitrogen and oxygen atoms in total. The van der Waals surface area contributed by atoms with Crippen molar-refractivity contribution in [3.05, 3.63) is 35.0 Å². The summed E-state index contributed by atoms with van der Waals surface area (Å²) in [5, 5.41) is 4.41. The number of nitrogens with zero attached hydrogens (tertiary/aromatic N) is 2. The molecule has 0 radical (unpaired) electrons. The third-order valence-electron chi connectivity index (χ3n) is 3.63. The number of aromatic nitrogens is 2. The Morgan fingerprint density at radius 2 is 1.91 bits per heavy atom. The summed E-state index contributed by atoms with van der Waals surface area (Å²) in [6.07, 6.45) is 1.58. The Bertz CT molecular complexity index is 830. The zero-order chi connectivity index (χ0) is 15.7. The number of thiophene rings is 1. The molecule has 3 aromatic rings. The number of hydrogen-bond acceptors (Lipinski definition) is 6. The molecule has 0 unspecified atom stereocenters. The van der Waals surface area contributed by atoms with Crippen LogP contribution in [0.25, 0.3) is 10.2 Å². The van der Waals surface area contributed by atoms with Crippen molar-refractivity contribution in [3.8, 4) is 11.5 Å². The Balaban J connectivity index is 2.07. The summed E-state index contributed by atoms with van der Waals surface area (Å²) < 4.78 is 10.6. The highest BCUT2D eigenvalue weighted by Crippen LogP contribution is 2.36. The smallest absolute Gasteiger partial charge is 0.146 e. The molecule has 0 atom stereocenters. The van der Waals surface area contributed by atoms with E-state index in [-0.39, 0.29) is 0 Å². The van der Waals surface area contributed by atoms with Crippen LogP contribution < -0.4 is 14.8 Å². The van der Waals surface area contributed by atoms with Crippen molar-refractivity contribution in [3.63, 3.8) is 0 Å². The van der Waals surface area contributed by atoms with Gasteiger partial charge in [0.2, 0.25) is 0 Å². The van der Waals surface area contributed by atoms with Crippen LogP contribution in [0.4, 0.5) is 11.5 Å². The number of aryl methyl sites for hydroxylation is 2. The maximum absolute atomic E-state index is 5.42. The number of fused-ring (bicyclic) bond motifs is 1. The molecule has 3 rings (SSSR count). The van der Waals surface area contributed by atoms with Crippen molar-refractivity contribution in [1.29, 1.82) is 0 Å². The van der Waals surface area contributed by atoms with Gasteiger partial charge < -0.3 is 14.8 Å². The molecule has 114 valence electrons. The molecular formula is C16H17N3O2S. The first-order valence-corrected chi connectivity index (χ1v) is 7.65. The summed E-state index contributed by atoms with van der Waals surface area (Å²) in [6.45, 7) is 4.19. The van der Waals surface area contributed by atoms with Gasteiger partial charge in [-0.2, -0.15) is 0 Å². The molecule has 0 saturated carbocycles. The maximum Gasteiger partial charge on any atom is 0.146 e. The van der Waals surface area contributed by atoms with Gasteiger partial charge in [-0.3, -0.25) is 0 Å². The van der Waals surface area contributed by atoms with Gasteiger partial charge >= 0.3 is 0 Å². The van der Waals surface area contributed by atoms with E-state index in [0.29, 0.717) is 5.75 Å². The molecule has 1 aromatic carbocycles. The van der Waals surface area contributed by atoms with Gasteiger partial charge in [0.15, 0.2) is 0 Å². The molecule has 0 fully saturated rings. The van der Waals surface area contributed by atoms with Gasteiger partial charge in [0.25, 0.3) is 0 Å². The number of benzene rings is 1. The molecular weight excluding hydrogens is 298 g/mol. The van der Waals surface area contributed by atoms with Crippen LogP contribution in [0.15, 0.2) is 24.5 Å². The summed E-state index contributed by atoms with van der Waals surface area (Å²) in [5.41, 5.74) is 2.04. The fourth-order valence-electron chi connectivity index (χ4n) is 2.31. The van der Waals surface area contributed by atoms with Gasteiger partial charge in [-0.15, -0.1) is 11.3 Å². The molecule has 1 N–H and O–H groups in total. The van der Waals surface area contributed by atoms with Crippen molar-refractivity contribution < 1.29 is 9.47 Å². The molecule has 0 spiro atoms. The van der Waals surface area contributed by atoms with Gasteiger partial charge in [-0.1, -0.05) is 0 Å². The number of ether oxygens (including phenoxy) is 2. The molecule has 0 aliphatic heterocycles. The minimum absolute atomic E-state index is 0.704. The minimum atomic E-state index is 0.704. The summed E-state index contributed by atoms with van der Waals surface area (Å²) in [5.74, 6) is 2.24. The Morgan fingerprint density at radius 1 is 1.09 bits per heavy atom. The van der Waals surface area contributed by atoms with E-state index in [4.69, 9.17) is 9.47 Å². The molecule has 6 heteroatoms. The van der Waals surface area contributed by atoms with Crippen molar-refractivity contribution in [2.75, 3.05) is 19.5 Å². The fraction of sp³-hybridized carbons (Fsp3) is 0.250. The Labute approximate surface area is 132 Å². The average Bonchev–Trinajstić information content (AvgIpc) is 2.83. The first-order valence-electron chi connectivity index (χ1n) is 6.83. The molecule has 2 aromatic heterocycles. The first kappa shape index (κ1) is 14.6. The number of anilines is 2. The SMILES string of the molecule is COc1ccc(Nc2ncnc3sc(C)c(C)c23)c(OC)c1. The van der Waals surface area contributed by atoms with Crippen LogP contribution in [0, 0.1) is 13.8 Å². The molecule has 0 amide bonds. The van der Waals surface area contributed by atoms with E-state index >= 15 is 0 Å². The maximum atomic E-state index is 5.42. The fourth-order valence-corrected chi connectivity index (χ4v) is 3.30. The van der Waals surface area contributed by atoms with Crippen LogP contribution in [0.2, 0.25) is 0 Å². The molecule has 2 heterocycles. The van der Waals surface area contributed by atoms with E-state index in [1.807, 2.05) is 18.2 Å². The molecule has 0 saturated heterocycles.